The number of dihydropyridines is 1. The molecule has 3 heterocycles. The summed E-state index contributed by atoms with van der Waals surface area (Å²) in [6, 6.07) is -0.626. The van der Waals surface area contributed by atoms with Crippen LogP contribution in [0.5, 0.6) is 0 Å². The fourth-order valence-electron chi connectivity index (χ4n) is 4.37. The Balaban J connectivity index is 1.70. The number of alkyl halides is 1. The van der Waals surface area contributed by atoms with Gasteiger partial charge in [0.05, 0.1) is 35.6 Å². The number of rotatable bonds is 5. The predicted molar refractivity (Wildman–Crippen MR) is 121 cm³/mol. The molecule has 30 heavy (non-hydrogen) atoms. The maximum Gasteiger partial charge on any atom is 0.229 e. The van der Waals surface area contributed by atoms with Crippen LogP contribution < -0.4 is 16.8 Å². The Bertz CT molecular complexity index is 683. The molecule has 0 aromatic heterocycles. The van der Waals surface area contributed by atoms with Crippen LogP contribution in [0.2, 0.25) is 0 Å². The highest BCUT2D eigenvalue weighted by Crippen LogP contribution is 2.26. The molecular weight excluding hydrogens is 404 g/mol. The van der Waals surface area contributed by atoms with E-state index in [2.05, 4.69) is 20.2 Å². The molecule has 3 rings (SSSR count). The van der Waals surface area contributed by atoms with E-state index in [9.17, 15) is 9.90 Å². The molecule has 0 bridgehead atoms. The number of aliphatic imine (C=N–C) groups is 2. The number of nitrogens with two attached hydrogens (primary N) is 2. The van der Waals surface area contributed by atoms with Gasteiger partial charge in [-0.2, -0.15) is 0 Å². The van der Waals surface area contributed by atoms with E-state index in [1.54, 1.807) is 12.4 Å². The quantitative estimate of drug-likeness (QED) is 0.372. The first-order valence-corrected chi connectivity index (χ1v) is 11.4. The number of carbonyl (C=O) groups is 1. The SMILES string of the molecule is CC1(O)CCN(C2=CCN=CC2NC(=O)C(C(N)N)C2CCCCC(Cl)C=N2)CC1. The zero-order valence-corrected chi connectivity index (χ0v) is 18.5. The van der Waals surface area contributed by atoms with Crippen LogP contribution in [0, 0.1) is 5.92 Å². The minimum Gasteiger partial charge on any atom is -0.390 e. The largest absolute Gasteiger partial charge is 0.390 e. The predicted octanol–water partition coefficient (Wildman–Crippen LogP) is 0.767. The molecule has 0 aromatic carbocycles. The Morgan fingerprint density at radius 2 is 2.00 bits per heavy atom. The van der Waals surface area contributed by atoms with Crippen molar-refractivity contribution in [2.45, 2.75) is 74.7 Å². The maximum absolute atomic E-state index is 13.2. The maximum atomic E-state index is 13.2. The smallest absolute Gasteiger partial charge is 0.229 e. The number of nitrogens with zero attached hydrogens (tertiary/aromatic N) is 3. The second-order valence-corrected chi connectivity index (χ2v) is 9.44. The molecule has 4 atom stereocenters. The van der Waals surface area contributed by atoms with Crippen molar-refractivity contribution in [3.05, 3.63) is 11.8 Å². The summed E-state index contributed by atoms with van der Waals surface area (Å²) in [6.07, 6.45) is 9.66. The molecule has 1 amide bonds. The summed E-state index contributed by atoms with van der Waals surface area (Å²) < 4.78 is 0. The molecule has 3 aliphatic rings. The Morgan fingerprint density at radius 3 is 2.70 bits per heavy atom. The van der Waals surface area contributed by atoms with Gasteiger partial charge in [-0.3, -0.25) is 14.8 Å². The first kappa shape index (κ1) is 23.2. The summed E-state index contributed by atoms with van der Waals surface area (Å²) in [5.74, 6) is -0.853. The first-order chi connectivity index (χ1) is 14.3. The van der Waals surface area contributed by atoms with Crippen molar-refractivity contribution >= 4 is 29.9 Å². The van der Waals surface area contributed by atoms with E-state index in [1.165, 1.54) is 0 Å². The van der Waals surface area contributed by atoms with Gasteiger partial charge in [-0.25, -0.2) is 0 Å². The van der Waals surface area contributed by atoms with Crippen LogP contribution in [-0.2, 0) is 4.79 Å². The molecule has 8 nitrogen and oxygen atoms in total. The number of piperidine rings is 1. The van der Waals surface area contributed by atoms with E-state index >= 15 is 0 Å². The number of nitrogens with one attached hydrogen (secondary N) is 1. The van der Waals surface area contributed by atoms with Gasteiger partial charge in [-0.05, 0) is 38.7 Å². The van der Waals surface area contributed by atoms with Crippen LogP contribution in [-0.4, -0.2) is 77.2 Å². The lowest BCUT2D eigenvalue weighted by molar-refractivity contribution is -0.126. The van der Waals surface area contributed by atoms with Gasteiger partial charge >= 0.3 is 0 Å². The van der Waals surface area contributed by atoms with Gasteiger partial charge in [-0.1, -0.05) is 12.8 Å². The molecule has 6 N–H and O–H groups in total. The molecule has 0 saturated carbocycles. The van der Waals surface area contributed by atoms with Crippen molar-refractivity contribution in [1.82, 2.24) is 10.2 Å². The molecule has 0 radical (unpaired) electrons. The van der Waals surface area contributed by atoms with Crippen LogP contribution in [0.3, 0.4) is 0 Å². The average Bonchev–Trinajstić information content (AvgIpc) is 2.67. The summed E-state index contributed by atoms with van der Waals surface area (Å²) in [4.78, 5) is 24.4. The van der Waals surface area contributed by atoms with Crippen LogP contribution >= 0.6 is 11.6 Å². The van der Waals surface area contributed by atoms with Gasteiger partial charge in [0.2, 0.25) is 5.91 Å². The second-order valence-electron chi connectivity index (χ2n) is 8.88. The minimum atomic E-state index is -0.821. The molecule has 168 valence electrons. The number of hydrogen-bond acceptors (Lipinski definition) is 7. The van der Waals surface area contributed by atoms with E-state index < -0.39 is 17.7 Å². The number of amides is 1. The number of halogens is 1. The molecule has 3 aliphatic heterocycles. The van der Waals surface area contributed by atoms with Gasteiger partial charge in [-0.15, -0.1) is 11.6 Å². The van der Waals surface area contributed by atoms with Crippen molar-refractivity contribution in [2.24, 2.45) is 27.4 Å². The first-order valence-electron chi connectivity index (χ1n) is 10.9. The molecule has 0 aliphatic carbocycles. The second kappa shape index (κ2) is 10.2. The average molecular weight is 439 g/mol. The van der Waals surface area contributed by atoms with E-state index in [0.29, 0.717) is 19.4 Å². The lowest BCUT2D eigenvalue weighted by atomic mass is 9.90. The normalized spacial score (nSPS) is 30.4. The van der Waals surface area contributed by atoms with E-state index in [0.717, 1.165) is 44.5 Å². The van der Waals surface area contributed by atoms with Crippen LogP contribution in [0.1, 0.15) is 45.4 Å². The third-order valence-electron chi connectivity index (χ3n) is 6.28. The van der Waals surface area contributed by atoms with Crippen LogP contribution in [0.4, 0.5) is 0 Å². The Kier molecular flexibility index (Phi) is 7.90. The number of aliphatic hydroxyl groups is 1. The molecule has 4 unspecified atom stereocenters. The molecule has 1 fully saturated rings. The Labute approximate surface area is 183 Å². The topological polar surface area (TPSA) is 129 Å². The molecule has 0 aromatic rings. The van der Waals surface area contributed by atoms with Gasteiger partial charge in [0.25, 0.3) is 0 Å². The highest BCUT2D eigenvalue weighted by molar-refractivity contribution is 6.28. The zero-order valence-electron chi connectivity index (χ0n) is 17.7. The fourth-order valence-corrected chi connectivity index (χ4v) is 4.59. The van der Waals surface area contributed by atoms with Crippen LogP contribution in [0.25, 0.3) is 0 Å². The Morgan fingerprint density at radius 1 is 1.30 bits per heavy atom. The monoisotopic (exact) mass is 438 g/mol. The summed E-state index contributed by atoms with van der Waals surface area (Å²) in [6.45, 7) is 3.93. The number of carbonyl (C=O) groups excluding carboxylic acids is 1. The highest BCUT2D eigenvalue weighted by atomic mass is 35.5. The lowest BCUT2D eigenvalue weighted by Gasteiger charge is -2.41. The molecule has 0 spiro atoms. The van der Waals surface area contributed by atoms with Gasteiger partial charge < -0.3 is 26.8 Å². The Hall–Kier alpha value is -1.48. The van der Waals surface area contributed by atoms with Crippen molar-refractivity contribution in [3.8, 4) is 0 Å². The van der Waals surface area contributed by atoms with Crippen molar-refractivity contribution in [3.63, 3.8) is 0 Å². The van der Waals surface area contributed by atoms with Crippen molar-refractivity contribution in [2.75, 3.05) is 19.6 Å². The van der Waals surface area contributed by atoms with E-state index in [1.807, 2.05) is 13.0 Å². The van der Waals surface area contributed by atoms with Gasteiger partial charge in [0.1, 0.15) is 6.04 Å². The van der Waals surface area contributed by atoms with E-state index in [4.69, 9.17) is 23.1 Å². The summed E-state index contributed by atoms with van der Waals surface area (Å²) in [7, 11) is 0. The standard InChI is InChI=1S/C21H35ClN6O2/c1-21(30)7-10-28(11-8-21)17-6-9-25-13-16(17)27-20(29)18(19(23)24)15-5-3-2-4-14(22)12-26-15/h6,12-16,18-19,30H,2-5,7-11,23-24H2,1H3,(H,27,29). The van der Waals surface area contributed by atoms with Gasteiger partial charge in [0, 0.05) is 31.2 Å². The summed E-state index contributed by atoms with van der Waals surface area (Å²) in [5, 5.41) is 13.2. The fraction of sp³-hybridized carbons (Fsp3) is 0.762. The zero-order chi connectivity index (χ0) is 21.7. The summed E-state index contributed by atoms with van der Waals surface area (Å²) in [5.41, 5.74) is 12.4. The highest BCUT2D eigenvalue weighted by Gasteiger charge is 2.35. The molecule has 9 heteroatoms. The summed E-state index contributed by atoms with van der Waals surface area (Å²) >= 11 is 6.24. The number of likely N-dealkylation sites (tertiary alicyclic amines) is 1. The third-order valence-corrected chi connectivity index (χ3v) is 6.61. The third kappa shape index (κ3) is 6.03. The van der Waals surface area contributed by atoms with Crippen LogP contribution in [0.15, 0.2) is 21.8 Å². The minimum absolute atomic E-state index is 0.123. The number of hydrogen-bond donors (Lipinski definition) is 4. The molecular formula is C21H35ClN6O2. The molecule has 1 saturated heterocycles. The lowest BCUT2D eigenvalue weighted by Crippen LogP contribution is -2.56. The van der Waals surface area contributed by atoms with E-state index in [-0.39, 0.29) is 23.4 Å². The van der Waals surface area contributed by atoms with Gasteiger partial charge in [0.15, 0.2) is 0 Å². The van der Waals surface area contributed by atoms with Crippen molar-refractivity contribution < 1.29 is 9.90 Å². The van der Waals surface area contributed by atoms with Crippen molar-refractivity contribution in [1.29, 1.82) is 0 Å².